The van der Waals surface area contributed by atoms with E-state index in [0.29, 0.717) is 10.6 Å². The van der Waals surface area contributed by atoms with E-state index in [2.05, 4.69) is 10.1 Å². The molecule has 1 rings (SSSR count). The highest BCUT2D eigenvalue weighted by Gasteiger charge is 2.19. The number of hydrogen-bond acceptors (Lipinski definition) is 3. The Balaban J connectivity index is 2.87. The third-order valence-corrected chi connectivity index (χ3v) is 3.18. The first-order valence-corrected chi connectivity index (χ1v) is 6.10. The number of rotatable bonds is 4. The molecule has 0 spiro atoms. The van der Waals surface area contributed by atoms with Crippen LogP contribution in [0.4, 0.5) is 4.39 Å². The van der Waals surface area contributed by atoms with Crippen molar-refractivity contribution in [1.29, 1.82) is 0 Å². The minimum Gasteiger partial charge on any atom is -0.468 e. The summed E-state index contributed by atoms with van der Waals surface area (Å²) in [5, 5.41) is 3.28. The van der Waals surface area contributed by atoms with E-state index in [-0.39, 0.29) is 11.1 Å². The Morgan fingerprint density at radius 1 is 1.33 bits per heavy atom. The van der Waals surface area contributed by atoms with Crippen LogP contribution in [0.5, 0.6) is 0 Å². The van der Waals surface area contributed by atoms with Crippen LogP contribution in [-0.4, -0.2) is 19.1 Å². The summed E-state index contributed by atoms with van der Waals surface area (Å²) in [5.41, 5.74) is 0.536. The number of halogens is 3. The molecule has 0 fully saturated rings. The lowest BCUT2D eigenvalue weighted by molar-refractivity contribution is -0.142. The maximum Gasteiger partial charge on any atom is 0.322 e. The van der Waals surface area contributed by atoms with Gasteiger partial charge < -0.3 is 4.74 Å². The zero-order chi connectivity index (χ0) is 13.9. The smallest absolute Gasteiger partial charge is 0.322 e. The van der Waals surface area contributed by atoms with Gasteiger partial charge in [-0.1, -0.05) is 23.2 Å². The van der Waals surface area contributed by atoms with E-state index >= 15 is 0 Å². The fraction of sp³-hybridized carbons (Fsp3) is 0.417. The van der Waals surface area contributed by atoms with Gasteiger partial charge in [-0.3, -0.25) is 10.1 Å². The average Bonchev–Trinajstić information content (AvgIpc) is 2.32. The number of esters is 1. The van der Waals surface area contributed by atoms with Gasteiger partial charge in [0.2, 0.25) is 0 Å². The largest absolute Gasteiger partial charge is 0.468 e. The van der Waals surface area contributed by atoms with E-state index in [4.69, 9.17) is 23.2 Å². The van der Waals surface area contributed by atoms with Crippen LogP contribution in [0.15, 0.2) is 12.1 Å². The normalized spacial score (nSPS) is 14.1. The molecule has 0 bridgehead atoms. The van der Waals surface area contributed by atoms with E-state index in [1.807, 2.05) is 0 Å². The van der Waals surface area contributed by atoms with Crippen LogP contribution in [0.1, 0.15) is 25.5 Å². The fourth-order valence-electron chi connectivity index (χ4n) is 1.58. The average molecular weight is 294 g/mol. The van der Waals surface area contributed by atoms with E-state index < -0.39 is 17.8 Å². The van der Waals surface area contributed by atoms with Crippen molar-refractivity contribution < 1.29 is 13.9 Å². The maximum absolute atomic E-state index is 13.4. The van der Waals surface area contributed by atoms with Crippen LogP contribution in [0.25, 0.3) is 0 Å². The first-order valence-electron chi connectivity index (χ1n) is 5.35. The van der Waals surface area contributed by atoms with Crippen molar-refractivity contribution >= 4 is 29.2 Å². The van der Waals surface area contributed by atoms with E-state index in [1.165, 1.54) is 19.2 Å². The minimum absolute atomic E-state index is 0.0306. The fourth-order valence-corrected chi connectivity index (χ4v) is 2.13. The molecule has 0 heterocycles. The van der Waals surface area contributed by atoms with Gasteiger partial charge in [-0.15, -0.1) is 0 Å². The van der Waals surface area contributed by atoms with Crippen molar-refractivity contribution in [1.82, 2.24) is 5.32 Å². The number of carbonyl (C=O) groups excluding carboxylic acids is 1. The molecule has 1 unspecified atom stereocenters. The highest BCUT2D eigenvalue weighted by molar-refractivity contribution is 6.35. The van der Waals surface area contributed by atoms with Gasteiger partial charge in [-0.25, -0.2) is 4.39 Å². The Kier molecular flexibility index (Phi) is 5.38. The van der Waals surface area contributed by atoms with Crippen molar-refractivity contribution in [2.24, 2.45) is 0 Å². The molecule has 6 heteroatoms. The van der Waals surface area contributed by atoms with E-state index in [9.17, 15) is 9.18 Å². The van der Waals surface area contributed by atoms with Gasteiger partial charge in [0.25, 0.3) is 0 Å². The summed E-state index contributed by atoms with van der Waals surface area (Å²) >= 11 is 11.6. The summed E-state index contributed by atoms with van der Waals surface area (Å²) < 4.78 is 18.0. The third kappa shape index (κ3) is 3.57. The summed E-state index contributed by atoms with van der Waals surface area (Å²) in [6.07, 6.45) is 0. The summed E-state index contributed by atoms with van der Waals surface area (Å²) in [7, 11) is 1.31. The number of benzene rings is 1. The first-order chi connectivity index (χ1) is 8.36. The molecule has 0 radical (unpaired) electrons. The van der Waals surface area contributed by atoms with Gasteiger partial charge in [0.1, 0.15) is 11.9 Å². The molecular formula is C12H14Cl2FNO2. The molecule has 18 heavy (non-hydrogen) atoms. The summed E-state index contributed by atoms with van der Waals surface area (Å²) in [4.78, 5) is 11.3. The second kappa shape index (κ2) is 6.36. The molecule has 0 aliphatic rings. The van der Waals surface area contributed by atoms with Crippen molar-refractivity contribution in [3.63, 3.8) is 0 Å². The topological polar surface area (TPSA) is 38.3 Å². The van der Waals surface area contributed by atoms with Crippen molar-refractivity contribution in [3.8, 4) is 0 Å². The van der Waals surface area contributed by atoms with Gasteiger partial charge in [0.15, 0.2) is 0 Å². The quantitative estimate of drug-likeness (QED) is 0.683. The lowest BCUT2D eigenvalue weighted by atomic mass is 10.1. The molecule has 3 nitrogen and oxygen atoms in total. The van der Waals surface area contributed by atoms with Crippen LogP contribution in [0, 0.1) is 5.82 Å². The van der Waals surface area contributed by atoms with Gasteiger partial charge in [0.05, 0.1) is 12.1 Å². The molecular weight excluding hydrogens is 280 g/mol. The number of carbonyl (C=O) groups is 1. The van der Waals surface area contributed by atoms with Crippen LogP contribution in [-0.2, 0) is 9.53 Å². The minimum atomic E-state index is -0.546. The van der Waals surface area contributed by atoms with Crippen molar-refractivity contribution in [2.75, 3.05) is 7.11 Å². The highest BCUT2D eigenvalue weighted by Crippen LogP contribution is 2.28. The Bertz CT molecular complexity index is 454. The molecule has 1 aromatic carbocycles. The predicted octanol–water partition coefficient (Wildman–Crippen LogP) is 3.34. The van der Waals surface area contributed by atoms with Crippen LogP contribution < -0.4 is 5.32 Å². The monoisotopic (exact) mass is 293 g/mol. The second-order valence-electron chi connectivity index (χ2n) is 3.92. The number of ether oxygens (including phenoxy) is 1. The highest BCUT2D eigenvalue weighted by atomic mass is 35.5. The molecule has 0 aromatic heterocycles. The van der Waals surface area contributed by atoms with Gasteiger partial charge in [-0.2, -0.15) is 0 Å². The molecule has 0 saturated heterocycles. The van der Waals surface area contributed by atoms with Gasteiger partial charge >= 0.3 is 5.97 Å². The first kappa shape index (κ1) is 15.2. The van der Waals surface area contributed by atoms with Crippen molar-refractivity contribution in [3.05, 3.63) is 33.6 Å². The van der Waals surface area contributed by atoms with Gasteiger partial charge in [0, 0.05) is 11.1 Å². The molecule has 0 saturated carbocycles. The Morgan fingerprint density at radius 3 is 2.50 bits per heavy atom. The lowest BCUT2D eigenvalue weighted by Crippen LogP contribution is -2.36. The summed E-state index contributed by atoms with van der Waals surface area (Å²) in [6.45, 7) is 3.43. The molecule has 0 aliphatic carbocycles. The van der Waals surface area contributed by atoms with E-state index in [0.717, 1.165) is 0 Å². The second-order valence-corrected chi connectivity index (χ2v) is 4.74. The molecule has 0 aliphatic heterocycles. The summed E-state index contributed by atoms with van der Waals surface area (Å²) in [6, 6.07) is 1.78. The number of hydrogen-bond donors (Lipinski definition) is 1. The number of nitrogens with one attached hydrogen (secondary N) is 1. The predicted molar refractivity (Wildman–Crippen MR) is 69.4 cm³/mol. The zero-order valence-electron chi connectivity index (χ0n) is 10.3. The summed E-state index contributed by atoms with van der Waals surface area (Å²) in [5.74, 6) is -0.942. The molecule has 1 N–H and O–H groups in total. The Hall–Kier alpha value is -0.840. The third-order valence-electron chi connectivity index (χ3n) is 2.56. The van der Waals surface area contributed by atoms with E-state index in [1.54, 1.807) is 13.8 Å². The molecule has 100 valence electrons. The number of methoxy groups -OCH3 is 1. The molecule has 2 atom stereocenters. The Morgan fingerprint density at radius 2 is 1.94 bits per heavy atom. The van der Waals surface area contributed by atoms with Gasteiger partial charge in [-0.05, 0) is 31.5 Å². The standard InChI is InChI=1S/C12H14Cl2FNO2/c1-6(16-7(2)12(17)18-3)8-4-11(15)10(14)5-9(8)13/h4-7,16H,1-3H3/t6?,7-/m0/s1. The Labute approximate surface area is 115 Å². The zero-order valence-corrected chi connectivity index (χ0v) is 11.8. The molecule has 0 amide bonds. The van der Waals surface area contributed by atoms with Crippen LogP contribution >= 0.6 is 23.2 Å². The van der Waals surface area contributed by atoms with Crippen molar-refractivity contribution in [2.45, 2.75) is 25.9 Å². The molecule has 1 aromatic rings. The van der Waals surface area contributed by atoms with Crippen LogP contribution in [0.2, 0.25) is 10.0 Å². The van der Waals surface area contributed by atoms with Crippen LogP contribution in [0.3, 0.4) is 0 Å². The SMILES string of the molecule is COC(=O)[C@H](C)NC(C)c1cc(F)c(Cl)cc1Cl. The maximum atomic E-state index is 13.4. The lowest BCUT2D eigenvalue weighted by Gasteiger charge is -2.19.